The van der Waals surface area contributed by atoms with Gasteiger partial charge in [-0.1, -0.05) is 0 Å². The Kier molecular flexibility index (Phi) is 6.40. The Hall–Kier alpha value is -3.36. The minimum atomic E-state index is -3.62. The van der Waals surface area contributed by atoms with E-state index in [9.17, 15) is 28.6 Å². The van der Waals surface area contributed by atoms with E-state index in [1.807, 2.05) is 4.90 Å². The molecule has 0 spiro atoms. The Morgan fingerprint density at radius 1 is 0.879 bits per heavy atom. The molecule has 2 aliphatic heterocycles. The van der Waals surface area contributed by atoms with Crippen LogP contribution in [-0.2, 0) is 14.8 Å². The first kappa shape index (κ1) is 22.8. The van der Waals surface area contributed by atoms with E-state index in [1.165, 1.54) is 28.7 Å². The maximum absolute atomic E-state index is 12.7. The summed E-state index contributed by atoms with van der Waals surface area (Å²) in [6, 6.07) is 6.80. The topological polar surface area (TPSA) is 152 Å². The number of hydrogen-bond donors (Lipinski definition) is 0. The highest BCUT2D eigenvalue weighted by molar-refractivity contribution is 7.89. The van der Waals surface area contributed by atoms with E-state index >= 15 is 0 Å². The van der Waals surface area contributed by atoms with Crippen molar-refractivity contribution in [2.45, 2.75) is 4.90 Å². The summed E-state index contributed by atoms with van der Waals surface area (Å²) in [6.07, 6.45) is 1.34. The summed E-state index contributed by atoms with van der Waals surface area (Å²) in [6.45, 7) is 3.21. The molecule has 2 aromatic rings. The highest BCUT2D eigenvalue weighted by Crippen LogP contribution is 2.33. The summed E-state index contributed by atoms with van der Waals surface area (Å²) in [5, 5.41) is 22.4. The largest absolute Gasteiger partial charge is 0.379 e. The summed E-state index contributed by atoms with van der Waals surface area (Å²) in [7, 11) is -3.62. The third kappa shape index (κ3) is 4.72. The Labute approximate surface area is 189 Å². The van der Waals surface area contributed by atoms with Crippen molar-refractivity contribution in [2.24, 2.45) is 0 Å². The Bertz CT molecular complexity index is 1140. The van der Waals surface area contributed by atoms with Crippen LogP contribution >= 0.6 is 0 Å². The van der Waals surface area contributed by atoms with Crippen LogP contribution in [0, 0.1) is 20.2 Å². The number of nitrogens with zero attached hydrogens (tertiary/aromatic N) is 6. The maximum atomic E-state index is 12.7. The van der Waals surface area contributed by atoms with E-state index in [2.05, 4.69) is 4.98 Å². The fraction of sp³-hybridized carbons (Fsp3) is 0.421. The number of piperazine rings is 1. The van der Waals surface area contributed by atoms with Crippen molar-refractivity contribution in [3.8, 4) is 0 Å². The van der Waals surface area contributed by atoms with Gasteiger partial charge in [-0.05, 0) is 18.2 Å². The van der Waals surface area contributed by atoms with Crippen LogP contribution in [0.4, 0.5) is 22.9 Å². The number of anilines is 2. The number of morpholine rings is 1. The third-order valence-electron chi connectivity index (χ3n) is 5.64. The van der Waals surface area contributed by atoms with Crippen LogP contribution in [0.1, 0.15) is 0 Å². The lowest BCUT2D eigenvalue weighted by Crippen LogP contribution is -2.47. The van der Waals surface area contributed by atoms with Crippen molar-refractivity contribution in [2.75, 3.05) is 62.3 Å². The molecule has 1 aromatic heterocycles. The number of sulfonamides is 1. The first-order valence-corrected chi connectivity index (χ1v) is 11.7. The fourth-order valence-electron chi connectivity index (χ4n) is 3.86. The van der Waals surface area contributed by atoms with Gasteiger partial charge in [0, 0.05) is 51.5 Å². The maximum Gasteiger partial charge on any atom is 0.299 e. The molecule has 0 amide bonds. The molecular weight excluding hydrogens is 456 g/mol. The predicted octanol–water partition coefficient (Wildman–Crippen LogP) is 1.25. The zero-order valence-corrected chi connectivity index (χ0v) is 18.4. The van der Waals surface area contributed by atoms with Gasteiger partial charge in [0.2, 0.25) is 10.0 Å². The van der Waals surface area contributed by atoms with Crippen molar-refractivity contribution in [3.63, 3.8) is 0 Å². The lowest BCUT2D eigenvalue weighted by Gasteiger charge is -2.36. The van der Waals surface area contributed by atoms with Gasteiger partial charge in [-0.25, -0.2) is 13.4 Å². The van der Waals surface area contributed by atoms with Crippen molar-refractivity contribution in [3.05, 3.63) is 56.8 Å². The van der Waals surface area contributed by atoms with Crippen LogP contribution < -0.4 is 9.80 Å². The molecule has 2 saturated heterocycles. The van der Waals surface area contributed by atoms with Crippen LogP contribution in [0.15, 0.2) is 41.4 Å². The molecule has 0 atom stereocenters. The van der Waals surface area contributed by atoms with Crippen LogP contribution in [0.2, 0.25) is 0 Å². The zero-order valence-electron chi connectivity index (χ0n) is 17.6. The first-order valence-electron chi connectivity index (χ1n) is 10.2. The molecule has 0 aliphatic carbocycles. The molecule has 0 bridgehead atoms. The second-order valence-electron chi connectivity index (χ2n) is 7.53. The summed E-state index contributed by atoms with van der Waals surface area (Å²) in [5.41, 5.74) is -0.320. The monoisotopic (exact) mass is 478 g/mol. The van der Waals surface area contributed by atoms with Gasteiger partial charge in [0.1, 0.15) is 16.4 Å². The number of non-ortho nitro benzene ring substituents is 1. The van der Waals surface area contributed by atoms with Gasteiger partial charge < -0.3 is 14.5 Å². The minimum Gasteiger partial charge on any atom is -0.379 e. The van der Waals surface area contributed by atoms with E-state index in [0.717, 1.165) is 6.07 Å². The Balaban J connectivity index is 1.44. The highest BCUT2D eigenvalue weighted by Gasteiger charge is 2.28. The van der Waals surface area contributed by atoms with Crippen molar-refractivity contribution in [1.29, 1.82) is 0 Å². The molecule has 14 heteroatoms. The van der Waals surface area contributed by atoms with E-state index in [4.69, 9.17) is 4.74 Å². The molecule has 3 heterocycles. The molecule has 2 aliphatic rings. The van der Waals surface area contributed by atoms with E-state index in [-0.39, 0.29) is 16.3 Å². The van der Waals surface area contributed by atoms with Gasteiger partial charge in [0.15, 0.2) is 0 Å². The number of pyridine rings is 1. The molecule has 13 nitrogen and oxygen atoms in total. The third-order valence-corrected chi connectivity index (χ3v) is 7.52. The van der Waals surface area contributed by atoms with E-state index < -0.39 is 19.9 Å². The SMILES string of the molecule is O=[N+]([O-])c1ccc(N2CCN(c3ccc(S(=O)(=O)N4CCOCC4)cn3)CC2)c([N+](=O)[O-])c1. The number of benzene rings is 1. The second kappa shape index (κ2) is 9.25. The number of hydrogen-bond acceptors (Lipinski definition) is 10. The molecule has 176 valence electrons. The van der Waals surface area contributed by atoms with Crippen LogP contribution in [0.25, 0.3) is 0 Å². The predicted molar refractivity (Wildman–Crippen MR) is 118 cm³/mol. The van der Waals surface area contributed by atoms with Crippen molar-refractivity contribution < 1.29 is 23.0 Å². The minimum absolute atomic E-state index is 0.119. The Morgan fingerprint density at radius 2 is 1.55 bits per heavy atom. The number of nitro groups is 2. The van der Waals surface area contributed by atoms with Crippen LogP contribution in [0.3, 0.4) is 0 Å². The average molecular weight is 478 g/mol. The number of nitro benzene ring substituents is 2. The smallest absolute Gasteiger partial charge is 0.299 e. The molecule has 4 rings (SSSR count). The molecule has 0 radical (unpaired) electrons. The lowest BCUT2D eigenvalue weighted by molar-refractivity contribution is -0.393. The molecule has 0 unspecified atom stereocenters. The standard InChI is InChI=1S/C19H22N6O7S/c26-24(27)15-1-3-17(18(13-15)25(28)29)21-5-7-22(8-6-21)19-4-2-16(14-20-19)33(30,31)23-9-11-32-12-10-23/h1-4,13-14H,5-12H2. The van der Waals surface area contributed by atoms with Gasteiger partial charge in [-0.3, -0.25) is 20.2 Å². The highest BCUT2D eigenvalue weighted by atomic mass is 32.2. The number of aromatic nitrogens is 1. The summed E-state index contributed by atoms with van der Waals surface area (Å²) >= 11 is 0. The van der Waals surface area contributed by atoms with E-state index in [1.54, 1.807) is 11.0 Å². The molecule has 2 fully saturated rings. The second-order valence-corrected chi connectivity index (χ2v) is 9.47. The zero-order chi connectivity index (χ0) is 23.6. The van der Waals surface area contributed by atoms with Gasteiger partial charge in [0.05, 0.1) is 29.1 Å². The van der Waals surface area contributed by atoms with Crippen LogP contribution in [-0.4, -0.2) is 80.0 Å². The average Bonchev–Trinajstić information content (AvgIpc) is 2.84. The summed E-state index contributed by atoms with van der Waals surface area (Å²) in [4.78, 5) is 29.3. The van der Waals surface area contributed by atoms with Crippen LogP contribution in [0.5, 0.6) is 0 Å². The first-order chi connectivity index (χ1) is 15.8. The fourth-order valence-corrected chi connectivity index (χ4v) is 5.22. The normalized spacial score (nSPS) is 17.7. The van der Waals surface area contributed by atoms with E-state index in [0.29, 0.717) is 64.0 Å². The molecular formula is C19H22N6O7S. The van der Waals surface area contributed by atoms with Gasteiger partial charge in [-0.2, -0.15) is 4.31 Å². The molecule has 0 saturated carbocycles. The summed E-state index contributed by atoms with van der Waals surface area (Å²) < 4.78 is 32.1. The van der Waals surface area contributed by atoms with Crippen molar-refractivity contribution in [1.82, 2.24) is 9.29 Å². The number of ether oxygens (including phenoxy) is 1. The van der Waals surface area contributed by atoms with Crippen molar-refractivity contribution >= 4 is 32.9 Å². The molecule has 33 heavy (non-hydrogen) atoms. The lowest BCUT2D eigenvalue weighted by atomic mass is 10.2. The van der Waals surface area contributed by atoms with Gasteiger partial charge in [0.25, 0.3) is 11.4 Å². The number of rotatable bonds is 6. The quantitative estimate of drug-likeness (QED) is 0.438. The molecule has 1 aromatic carbocycles. The van der Waals surface area contributed by atoms with Gasteiger partial charge in [-0.15, -0.1) is 0 Å². The molecule has 0 N–H and O–H groups in total. The Morgan fingerprint density at radius 3 is 2.12 bits per heavy atom. The van der Waals surface area contributed by atoms with Gasteiger partial charge >= 0.3 is 0 Å². The summed E-state index contributed by atoms with van der Waals surface area (Å²) in [5.74, 6) is 0.605.